The Hall–Kier alpha value is -2.86. The zero-order valence-electron chi connectivity index (χ0n) is 31.9. The molecule has 0 saturated heterocycles. The number of ether oxygens (including phenoxy) is 3. The third-order valence-corrected chi connectivity index (χ3v) is 15.1. The second kappa shape index (κ2) is 18.8. The summed E-state index contributed by atoms with van der Waals surface area (Å²) >= 11 is 0. The van der Waals surface area contributed by atoms with Crippen molar-refractivity contribution in [1.29, 1.82) is 0 Å². The van der Waals surface area contributed by atoms with Crippen LogP contribution >= 0.6 is 0 Å². The van der Waals surface area contributed by atoms with E-state index in [4.69, 9.17) is 18.6 Å². The van der Waals surface area contributed by atoms with E-state index < -0.39 is 111 Å². The molecule has 24 heteroatoms. The molecule has 338 valence electrons. The van der Waals surface area contributed by atoms with E-state index in [-0.39, 0.29) is 24.4 Å². The molecule has 0 aliphatic heterocycles. The van der Waals surface area contributed by atoms with Crippen LogP contribution in [0, 0.1) is 0 Å². The number of carbonyl (C=O) groups is 1. The van der Waals surface area contributed by atoms with Gasteiger partial charge in [-0.2, -0.15) is 74.6 Å². The monoisotopic (exact) mass is 898 g/mol. The van der Waals surface area contributed by atoms with Crippen LogP contribution in [-0.2, 0) is 18.7 Å². The summed E-state index contributed by atoms with van der Waals surface area (Å²) in [5, 5.41) is 10.8. The van der Waals surface area contributed by atoms with Gasteiger partial charge in [-0.15, -0.1) is 0 Å². The summed E-state index contributed by atoms with van der Waals surface area (Å²) in [6, 6.07) is 4.30. The van der Waals surface area contributed by atoms with Gasteiger partial charge in [0.15, 0.2) is 8.32 Å². The lowest BCUT2D eigenvalue weighted by atomic mass is 9.88. The number of halogens is 17. The van der Waals surface area contributed by atoms with Crippen molar-refractivity contribution in [2.45, 2.75) is 131 Å². The minimum absolute atomic E-state index is 0.107. The molecule has 6 nitrogen and oxygen atoms in total. The number of methoxy groups -OCH3 is 1. The molecule has 0 amide bonds. The van der Waals surface area contributed by atoms with E-state index in [0.717, 1.165) is 0 Å². The normalized spacial score (nSPS) is 15.9. The fourth-order valence-corrected chi connectivity index (χ4v) is 10.2. The van der Waals surface area contributed by atoms with Gasteiger partial charge in [0.2, 0.25) is 0 Å². The Labute approximate surface area is 323 Å². The largest absolute Gasteiger partial charge is 0.491 e. The molecule has 1 rings (SSSR count). The highest BCUT2D eigenvalue weighted by molar-refractivity contribution is 6.76. The van der Waals surface area contributed by atoms with E-state index in [1.807, 2.05) is 0 Å². The van der Waals surface area contributed by atoms with Gasteiger partial charge in [-0.05, 0) is 55.1 Å². The summed E-state index contributed by atoms with van der Waals surface area (Å²) in [5.74, 6) is -57.1. The fourth-order valence-electron chi connectivity index (χ4n) is 5.70. The minimum atomic E-state index is -8.69. The van der Waals surface area contributed by atoms with Crippen molar-refractivity contribution in [3.8, 4) is 5.75 Å². The molecule has 58 heavy (non-hydrogen) atoms. The van der Waals surface area contributed by atoms with Crippen molar-refractivity contribution in [2.24, 2.45) is 0 Å². The summed E-state index contributed by atoms with van der Waals surface area (Å²) in [6.07, 6.45) is -10.8. The van der Waals surface area contributed by atoms with Crippen LogP contribution in [0.5, 0.6) is 5.75 Å². The van der Waals surface area contributed by atoms with Crippen molar-refractivity contribution in [3.63, 3.8) is 0 Å². The molecule has 0 radical (unpaired) electrons. The summed E-state index contributed by atoms with van der Waals surface area (Å²) in [7, 11) is -2.64. The Balaban J connectivity index is 3.21. The van der Waals surface area contributed by atoms with E-state index in [2.05, 4.69) is 0 Å². The molecule has 1 aromatic carbocycles. The number of aliphatic hydroxyl groups is 1. The predicted octanol–water partition coefficient (Wildman–Crippen LogP) is 11.2. The van der Waals surface area contributed by atoms with Crippen molar-refractivity contribution in [1.82, 2.24) is 0 Å². The summed E-state index contributed by atoms with van der Waals surface area (Å²) in [4.78, 5) is 11.8. The summed E-state index contributed by atoms with van der Waals surface area (Å²) < 4.78 is 256. The molecule has 1 aromatic rings. The Morgan fingerprint density at radius 1 is 0.724 bits per heavy atom. The molecule has 1 N–H and O–H groups in total. The maximum Gasteiger partial charge on any atom is 0.460 e. The van der Waals surface area contributed by atoms with E-state index >= 15 is 0 Å². The smallest absolute Gasteiger partial charge is 0.460 e. The fraction of sp³-hybridized carbons (Fsp3) is 0.735. The second-order valence-corrected chi connectivity index (χ2v) is 18.7. The van der Waals surface area contributed by atoms with Gasteiger partial charge >= 0.3 is 53.6 Å². The maximum absolute atomic E-state index is 14.9. The number of aliphatic hydroxyl groups excluding tert-OH is 1. The molecule has 0 bridgehead atoms. The molecule has 0 heterocycles. The van der Waals surface area contributed by atoms with Gasteiger partial charge in [0, 0.05) is 19.1 Å². The average molecular weight is 899 g/mol. The lowest BCUT2D eigenvalue weighted by molar-refractivity contribution is -0.461. The first-order chi connectivity index (χ1) is 26.0. The van der Waals surface area contributed by atoms with Crippen LogP contribution in [0.2, 0.25) is 17.1 Å². The first-order valence-electron chi connectivity index (χ1n) is 17.1. The molecular weight excluding hydrogens is 855 g/mol. The van der Waals surface area contributed by atoms with Gasteiger partial charge in [0.05, 0.1) is 19.3 Å². The van der Waals surface area contributed by atoms with Crippen LogP contribution in [-0.4, -0.2) is 100 Å². The van der Waals surface area contributed by atoms with Gasteiger partial charge in [-0.25, -0.2) is 4.79 Å². The standard InChI is InChI=1S/C34H43F17O6Si/c1-8-55-26(53)21(6)9-14-24(54-7)25(52)22-10-12-23(13-11-22)56-16-17-57-58(19(2)3,20(4)5)18-15-27(35,36)28(37,38)29(39,40)30(41,42)31(43,44)32(45,46)33(47,48)34(49,50)51/h9-13,19-20,24-25,52H,8,14-18H2,1-7H3/b21-9+/t24-,25-/m1/s1. The van der Waals surface area contributed by atoms with Crippen molar-refractivity contribution < 1.29 is 103 Å². The Morgan fingerprint density at radius 2 is 1.17 bits per heavy atom. The zero-order valence-corrected chi connectivity index (χ0v) is 32.9. The second-order valence-electron chi connectivity index (χ2n) is 13.7. The molecule has 0 fully saturated rings. The molecule has 0 saturated carbocycles. The SMILES string of the molecule is CCOC(=O)/C(C)=C/C[C@@H](OC)[C@H](O)c1ccc(OCCO[Si](CCC(F)(F)C(F)(F)C(F)(F)C(F)(F)C(F)(F)C(F)(F)C(F)(F)C(F)(F)F)(C(C)C)C(C)C)cc1. The van der Waals surface area contributed by atoms with Crippen LogP contribution in [0.1, 0.15) is 66.1 Å². The van der Waals surface area contributed by atoms with Crippen molar-refractivity contribution in [2.75, 3.05) is 26.9 Å². The molecule has 2 atom stereocenters. The van der Waals surface area contributed by atoms with Gasteiger partial charge in [0.1, 0.15) is 18.5 Å². The molecule has 0 spiro atoms. The highest BCUT2D eigenvalue weighted by Crippen LogP contribution is 2.64. The lowest BCUT2D eigenvalue weighted by Gasteiger charge is -2.44. The third kappa shape index (κ3) is 10.2. The summed E-state index contributed by atoms with van der Waals surface area (Å²) in [6.45, 7) is 7.66. The average Bonchev–Trinajstić information content (AvgIpc) is 3.10. The van der Waals surface area contributed by atoms with Gasteiger partial charge < -0.3 is 23.7 Å². The van der Waals surface area contributed by atoms with Gasteiger partial charge in [-0.1, -0.05) is 45.9 Å². The predicted molar refractivity (Wildman–Crippen MR) is 175 cm³/mol. The zero-order chi connectivity index (χ0) is 45.7. The number of esters is 1. The molecule has 0 aliphatic rings. The molecule has 0 aliphatic carbocycles. The number of hydrogen-bond acceptors (Lipinski definition) is 6. The topological polar surface area (TPSA) is 74.2 Å². The number of benzene rings is 1. The maximum atomic E-state index is 14.9. The van der Waals surface area contributed by atoms with Crippen LogP contribution in [0.15, 0.2) is 35.9 Å². The van der Waals surface area contributed by atoms with E-state index in [0.29, 0.717) is 5.56 Å². The third-order valence-electron chi connectivity index (χ3n) is 9.42. The highest BCUT2D eigenvalue weighted by atomic mass is 28.4. The summed E-state index contributed by atoms with van der Waals surface area (Å²) in [5.41, 5.74) is -1.12. The van der Waals surface area contributed by atoms with Crippen LogP contribution in [0.25, 0.3) is 0 Å². The van der Waals surface area contributed by atoms with E-state index in [1.54, 1.807) is 6.92 Å². The quantitative estimate of drug-likeness (QED) is 0.0388. The van der Waals surface area contributed by atoms with Crippen molar-refractivity contribution >= 4 is 14.3 Å². The Kier molecular flexibility index (Phi) is 17.2. The number of hydrogen-bond donors (Lipinski definition) is 1. The molecule has 0 unspecified atom stereocenters. The van der Waals surface area contributed by atoms with Crippen LogP contribution in [0.3, 0.4) is 0 Å². The first-order valence-corrected chi connectivity index (χ1v) is 19.4. The van der Waals surface area contributed by atoms with Gasteiger partial charge in [0.25, 0.3) is 0 Å². The van der Waals surface area contributed by atoms with Gasteiger partial charge in [-0.3, -0.25) is 0 Å². The Morgan fingerprint density at radius 3 is 1.59 bits per heavy atom. The highest BCUT2D eigenvalue weighted by Gasteiger charge is 2.95. The number of carbonyl (C=O) groups excluding carboxylic acids is 1. The van der Waals surface area contributed by atoms with Crippen LogP contribution in [0.4, 0.5) is 74.6 Å². The van der Waals surface area contributed by atoms with Crippen molar-refractivity contribution in [3.05, 3.63) is 41.5 Å². The van der Waals surface area contributed by atoms with E-state index in [1.165, 1.54) is 72.1 Å². The molecule has 0 aromatic heterocycles. The van der Waals surface area contributed by atoms with E-state index in [9.17, 15) is 84.5 Å². The molecular formula is C34H43F17O6Si. The number of rotatable bonds is 23. The minimum Gasteiger partial charge on any atom is -0.491 e. The Bertz CT molecular complexity index is 1510. The lowest BCUT2D eigenvalue weighted by Crippen LogP contribution is -2.74. The van der Waals surface area contributed by atoms with Crippen LogP contribution < -0.4 is 4.74 Å². The first kappa shape index (κ1) is 53.2. The number of alkyl halides is 17.